The summed E-state index contributed by atoms with van der Waals surface area (Å²) in [6.45, 7) is 6.78. The predicted octanol–water partition coefficient (Wildman–Crippen LogP) is 4.41. The van der Waals surface area contributed by atoms with E-state index in [-0.39, 0.29) is 0 Å². The highest BCUT2D eigenvalue weighted by Crippen LogP contribution is 2.32. The molecule has 1 aromatic carbocycles. The Kier molecular flexibility index (Phi) is 6.37. The topological polar surface area (TPSA) is 46.4 Å². The van der Waals surface area contributed by atoms with E-state index in [1.54, 1.807) is 7.11 Å². The maximum atomic E-state index is 5.29. The quantitative estimate of drug-likeness (QED) is 0.425. The van der Waals surface area contributed by atoms with Gasteiger partial charge >= 0.3 is 0 Å². The predicted molar refractivity (Wildman–Crippen MR) is 134 cm³/mol. The minimum absolute atomic E-state index is 0.853. The van der Waals surface area contributed by atoms with Crippen molar-refractivity contribution in [3.05, 3.63) is 67.3 Å². The first-order chi connectivity index (χ1) is 16.2. The molecule has 0 unspecified atom stereocenters. The number of pyridine rings is 2. The number of hydrogen-bond donors (Lipinski definition) is 0. The smallest absolute Gasteiger partial charge is 0.118 e. The second-order valence-corrected chi connectivity index (χ2v) is 8.80. The van der Waals surface area contributed by atoms with E-state index in [1.807, 2.05) is 36.8 Å². The van der Waals surface area contributed by atoms with E-state index < -0.39 is 0 Å². The van der Waals surface area contributed by atoms with Gasteiger partial charge in [-0.05, 0) is 55.9 Å². The van der Waals surface area contributed by atoms with Crippen molar-refractivity contribution < 1.29 is 4.74 Å². The molecule has 0 spiro atoms. The molecule has 0 bridgehead atoms. The zero-order chi connectivity index (χ0) is 22.6. The van der Waals surface area contributed by atoms with Crippen LogP contribution in [0.3, 0.4) is 0 Å². The Labute approximate surface area is 195 Å². The molecule has 0 amide bonds. The Bertz CT molecular complexity index is 1210. The average molecular weight is 442 g/mol. The molecule has 3 aromatic heterocycles. The summed E-state index contributed by atoms with van der Waals surface area (Å²) in [6, 6.07) is 14.5. The number of hydrogen-bond acceptors (Lipinski definition) is 5. The van der Waals surface area contributed by atoms with Crippen LogP contribution in [-0.4, -0.2) is 71.2 Å². The van der Waals surface area contributed by atoms with Gasteiger partial charge in [-0.3, -0.25) is 9.97 Å². The monoisotopic (exact) mass is 441 g/mol. The van der Waals surface area contributed by atoms with Gasteiger partial charge in [-0.1, -0.05) is 12.1 Å². The van der Waals surface area contributed by atoms with Gasteiger partial charge in [0.25, 0.3) is 0 Å². The molecule has 170 valence electrons. The number of rotatable bonds is 7. The second kappa shape index (κ2) is 9.73. The number of benzene rings is 1. The maximum absolute atomic E-state index is 5.29. The summed E-state index contributed by atoms with van der Waals surface area (Å²) in [5.74, 6) is 0.853. The van der Waals surface area contributed by atoms with E-state index in [1.165, 1.54) is 18.6 Å². The van der Waals surface area contributed by atoms with Crippen LogP contribution in [0.1, 0.15) is 6.42 Å². The van der Waals surface area contributed by atoms with Gasteiger partial charge in [0.05, 0.1) is 18.1 Å². The SMILES string of the molecule is COc1ccc(-c2cncc(-c3cn(CCCN4CCN(C)CC4)c4cccnc34)c2)cc1. The molecule has 6 nitrogen and oxygen atoms in total. The first kappa shape index (κ1) is 21.6. The van der Waals surface area contributed by atoms with Crippen LogP contribution in [0, 0.1) is 0 Å². The highest BCUT2D eigenvalue weighted by atomic mass is 16.5. The third kappa shape index (κ3) is 4.77. The number of ether oxygens (including phenoxy) is 1. The highest BCUT2D eigenvalue weighted by Gasteiger charge is 2.15. The van der Waals surface area contributed by atoms with Crippen LogP contribution in [0.15, 0.2) is 67.3 Å². The molecule has 0 atom stereocenters. The largest absolute Gasteiger partial charge is 0.497 e. The Hall–Kier alpha value is -3.22. The molecule has 5 rings (SSSR count). The molecule has 1 aliphatic rings. The van der Waals surface area contributed by atoms with Crippen molar-refractivity contribution in [1.82, 2.24) is 24.3 Å². The van der Waals surface area contributed by atoms with Gasteiger partial charge < -0.3 is 19.1 Å². The van der Waals surface area contributed by atoms with Crippen molar-refractivity contribution in [2.75, 3.05) is 46.9 Å². The summed E-state index contributed by atoms with van der Waals surface area (Å²) in [5, 5.41) is 0. The molecule has 0 aliphatic carbocycles. The molecule has 1 saturated heterocycles. The van der Waals surface area contributed by atoms with Crippen LogP contribution in [0.25, 0.3) is 33.3 Å². The minimum Gasteiger partial charge on any atom is -0.497 e. The molecular weight excluding hydrogens is 410 g/mol. The van der Waals surface area contributed by atoms with Crippen molar-refractivity contribution in [2.24, 2.45) is 0 Å². The molecule has 0 radical (unpaired) electrons. The van der Waals surface area contributed by atoms with Gasteiger partial charge in [-0.15, -0.1) is 0 Å². The van der Waals surface area contributed by atoms with Gasteiger partial charge in [-0.25, -0.2) is 0 Å². The van der Waals surface area contributed by atoms with Crippen LogP contribution in [0.5, 0.6) is 5.75 Å². The van der Waals surface area contributed by atoms with Crippen LogP contribution >= 0.6 is 0 Å². The van der Waals surface area contributed by atoms with Gasteiger partial charge in [0.2, 0.25) is 0 Å². The van der Waals surface area contributed by atoms with Gasteiger partial charge in [-0.2, -0.15) is 0 Å². The Balaban J connectivity index is 1.38. The number of nitrogens with zero attached hydrogens (tertiary/aromatic N) is 5. The number of aryl methyl sites for hydroxylation is 1. The van der Waals surface area contributed by atoms with Gasteiger partial charge in [0.1, 0.15) is 5.75 Å². The molecule has 1 fully saturated rings. The molecule has 1 aliphatic heterocycles. The van der Waals surface area contributed by atoms with Crippen molar-refractivity contribution in [3.8, 4) is 28.0 Å². The van der Waals surface area contributed by atoms with Crippen LogP contribution in [0.4, 0.5) is 0 Å². The molecule has 6 heteroatoms. The molecule has 4 aromatic rings. The molecule has 0 saturated carbocycles. The molecular formula is C27H31N5O. The van der Waals surface area contributed by atoms with E-state index in [9.17, 15) is 0 Å². The van der Waals surface area contributed by atoms with E-state index in [0.717, 1.165) is 66.1 Å². The molecule has 4 heterocycles. The first-order valence-corrected chi connectivity index (χ1v) is 11.7. The summed E-state index contributed by atoms with van der Waals surface area (Å²) < 4.78 is 7.65. The lowest BCUT2D eigenvalue weighted by Crippen LogP contribution is -2.44. The van der Waals surface area contributed by atoms with Crippen molar-refractivity contribution in [2.45, 2.75) is 13.0 Å². The van der Waals surface area contributed by atoms with Gasteiger partial charge in [0.15, 0.2) is 0 Å². The van der Waals surface area contributed by atoms with E-state index >= 15 is 0 Å². The lowest BCUT2D eigenvalue weighted by atomic mass is 10.0. The number of methoxy groups -OCH3 is 1. The Morgan fingerprint density at radius 2 is 1.70 bits per heavy atom. The number of aromatic nitrogens is 3. The number of piperazine rings is 1. The normalized spacial score (nSPS) is 15.2. The second-order valence-electron chi connectivity index (χ2n) is 8.80. The van der Waals surface area contributed by atoms with Crippen LogP contribution < -0.4 is 4.74 Å². The minimum atomic E-state index is 0.853. The Morgan fingerprint density at radius 1 is 0.909 bits per heavy atom. The fourth-order valence-electron chi connectivity index (χ4n) is 4.58. The summed E-state index contributed by atoms with van der Waals surface area (Å²) in [7, 11) is 3.89. The lowest BCUT2D eigenvalue weighted by molar-refractivity contribution is 0.151. The lowest BCUT2D eigenvalue weighted by Gasteiger charge is -2.32. The van der Waals surface area contributed by atoms with Crippen molar-refractivity contribution >= 4 is 11.0 Å². The third-order valence-corrected chi connectivity index (χ3v) is 6.58. The standard InChI is InChI=1S/C27H31N5O/c1-30-13-15-31(16-14-30)11-4-12-32-20-25(27-26(32)5-3-10-29-27)23-17-22(18-28-19-23)21-6-8-24(33-2)9-7-21/h3,5-10,17-20H,4,11-16H2,1-2H3. The summed E-state index contributed by atoms with van der Waals surface area (Å²) in [5.41, 5.74) is 6.64. The van der Waals surface area contributed by atoms with Crippen molar-refractivity contribution in [3.63, 3.8) is 0 Å². The summed E-state index contributed by atoms with van der Waals surface area (Å²) in [4.78, 5) is 14.3. The van der Waals surface area contributed by atoms with Crippen LogP contribution in [-0.2, 0) is 6.54 Å². The van der Waals surface area contributed by atoms with Gasteiger partial charge in [0, 0.05) is 74.2 Å². The van der Waals surface area contributed by atoms with E-state index in [4.69, 9.17) is 9.72 Å². The Morgan fingerprint density at radius 3 is 2.48 bits per heavy atom. The fourth-order valence-corrected chi connectivity index (χ4v) is 4.58. The van der Waals surface area contributed by atoms with E-state index in [0.29, 0.717) is 0 Å². The maximum Gasteiger partial charge on any atom is 0.118 e. The molecule has 33 heavy (non-hydrogen) atoms. The highest BCUT2D eigenvalue weighted by molar-refractivity contribution is 5.93. The third-order valence-electron chi connectivity index (χ3n) is 6.58. The number of likely N-dealkylation sites (N-methyl/N-ethyl adjacent to an activating group) is 1. The molecule has 0 N–H and O–H groups in total. The summed E-state index contributed by atoms with van der Waals surface area (Å²) in [6.07, 6.45) is 9.10. The summed E-state index contributed by atoms with van der Waals surface area (Å²) >= 11 is 0. The zero-order valence-corrected chi connectivity index (χ0v) is 19.4. The zero-order valence-electron chi connectivity index (χ0n) is 19.4. The number of fused-ring (bicyclic) bond motifs is 1. The first-order valence-electron chi connectivity index (χ1n) is 11.7. The van der Waals surface area contributed by atoms with E-state index in [2.05, 4.69) is 56.9 Å². The fraction of sp³-hybridized carbons (Fsp3) is 0.333. The average Bonchev–Trinajstić information content (AvgIpc) is 3.24. The van der Waals surface area contributed by atoms with Crippen molar-refractivity contribution in [1.29, 1.82) is 0 Å². The van der Waals surface area contributed by atoms with Crippen LogP contribution in [0.2, 0.25) is 0 Å².